The van der Waals surface area contributed by atoms with Crippen LogP contribution in [0.1, 0.15) is 12.5 Å². The van der Waals surface area contributed by atoms with Crippen LogP contribution in [0, 0.1) is 0 Å². The van der Waals surface area contributed by atoms with Crippen LogP contribution in [0.4, 0.5) is 11.4 Å². The van der Waals surface area contributed by atoms with Crippen molar-refractivity contribution in [2.24, 2.45) is 5.10 Å². The van der Waals surface area contributed by atoms with Gasteiger partial charge in [-0.1, -0.05) is 46.9 Å². The molecule has 2 aromatic rings. The van der Waals surface area contributed by atoms with Gasteiger partial charge in [-0.2, -0.15) is 10.1 Å². The molecule has 6 nitrogen and oxygen atoms in total. The van der Waals surface area contributed by atoms with Crippen LogP contribution >= 0.6 is 34.8 Å². The molecule has 0 spiro atoms. The summed E-state index contributed by atoms with van der Waals surface area (Å²) in [6.07, 6.45) is 1.58. The largest absolute Gasteiger partial charge is 0.461 e. The molecule has 0 radical (unpaired) electrons. The molecule has 1 aliphatic heterocycles. The van der Waals surface area contributed by atoms with E-state index in [9.17, 15) is 9.59 Å². The SMILES string of the molecule is CCOC(=O)C1=NN(c2c(Cl)cc(Cl)cc2Cl)C(=O)C1=Cc1ccc(N(C)C)cc1. The smallest absolute Gasteiger partial charge is 0.359 e. The Morgan fingerprint density at radius 1 is 1.13 bits per heavy atom. The third kappa shape index (κ3) is 4.46. The van der Waals surface area contributed by atoms with E-state index in [4.69, 9.17) is 39.5 Å². The van der Waals surface area contributed by atoms with Gasteiger partial charge in [-0.05, 0) is 42.8 Å². The number of nitrogens with zero attached hydrogens (tertiary/aromatic N) is 3. The number of hydrogen-bond acceptors (Lipinski definition) is 5. The minimum absolute atomic E-state index is 0.0770. The van der Waals surface area contributed by atoms with E-state index in [0.29, 0.717) is 5.02 Å². The molecule has 0 atom stereocenters. The normalized spacial score (nSPS) is 14.9. The second-order valence-corrected chi connectivity index (χ2v) is 7.80. The van der Waals surface area contributed by atoms with Crippen molar-refractivity contribution in [1.29, 1.82) is 0 Å². The summed E-state index contributed by atoms with van der Waals surface area (Å²) < 4.78 is 5.07. The Balaban J connectivity index is 2.08. The Labute approximate surface area is 189 Å². The lowest BCUT2D eigenvalue weighted by atomic mass is 10.1. The van der Waals surface area contributed by atoms with E-state index < -0.39 is 11.9 Å². The number of halogens is 3. The van der Waals surface area contributed by atoms with E-state index in [0.717, 1.165) is 16.3 Å². The molecule has 0 unspecified atom stereocenters. The van der Waals surface area contributed by atoms with Crippen LogP contribution in [-0.4, -0.2) is 38.3 Å². The fourth-order valence-corrected chi connectivity index (χ4v) is 3.80. The van der Waals surface area contributed by atoms with E-state index in [2.05, 4.69) is 5.10 Å². The summed E-state index contributed by atoms with van der Waals surface area (Å²) >= 11 is 18.5. The zero-order chi connectivity index (χ0) is 22.0. The Hall–Kier alpha value is -2.54. The first-order valence-corrected chi connectivity index (χ1v) is 10.1. The summed E-state index contributed by atoms with van der Waals surface area (Å²) in [4.78, 5) is 27.6. The predicted molar refractivity (Wildman–Crippen MR) is 122 cm³/mol. The molecule has 2 aromatic carbocycles. The number of hydrazone groups is 1. The fraction of sp³-hybridized carbons (Fsp3) is 0.190. The molecule has 0 saturated heterocycles. The van der Waals surface area contributed by atoms with Gasteiger partial charge in [0.2, 0.25) is 0 Å². The molecule has 0 aliphatic carbocycles. The number of benzene rings is 2. The first-order valence-electron chi connectivity index (χ1n) is 8.97. The fourth-order valence-electron chi connectivity index (χ4n) is 2.82. The molecule has 3 rings (SSSR count). The lowest BCUT2D eigenvalue weighted by Crippen LogP contribution is -2.23. The number of rotatable bonds is 5. The molecular weight excluding hydrogens is 449 g/mol. The van der Waals surface area contributed by atoms with Crippen LogP contribution in [0.3, 0.4) is 0 Å². The number of ether oxygens (including phenoxy) is 1. The van der Waals surface area contributed by atoms with Crippen molar-refractivity contribution in [2.75, 3.05) is 30.6 Å². The highest BCUT2D eigenvalue weighted by Crippen LogP contribution is 2.39. The van der Waals surface area contributed by atoms with Gasteiger partial charge < -0.3 is 9.64 Å². The third-order valence-electron chi connectivity index (χ3n) is 4.26. The lowest BCUT2D eigenvalue weighted by Gasteiger charge is -2.15. The maximum absolute atomic E-state index is 13.2. The number of carbonyl (C=O) groups excluding carboxylic acids is 2. The van der Waals surface area contributed by atoms with Gasteiger partial charge in [0.1, 0.15) is 5.69 Å². The van der Waals surface area contributed by atoms with Crippen molar-refractivity contribution < 1.29 is 14.3 Å². The van der Waals surface area contributed by atoms with Crippen molar-refractivity contribution in [3.05, 3.63) is 62.6 Å². The van der Waals surface area contributed by atoms with Gasteiger partial charge in [0.25, 0.3) is 5.91 Å². The van der Waals surface area contributed by atoms with Crippen LogP contribution in [0.15, 0.2) is 47.1 Å². The first kappa shape index (κ1) is 22.2. The van der Waals surface area contributed by atoms with Crippen molar-refractivity contribution in [3.63, 3.8) is 0 Å². The summed E-state index contributed by atoms with van der Waals surface area (Å²) in [6.45, 7) is 1.81. The van der Waals surface area contributed by atoms with E-state index in [1.165, 1.54) is 12.1 Å². The molecule has 1 amide bonds. The summed E-state index contributed by atoms with van der Waals surface area (Å²) in [7, 11) is 3.86. The van der Waals surface area contributed by atoms with Gasteiger partial charge in [-0.25, -0.2) is 4.79 Å². The monoisotopic (exact) mass is 465 g/mol. The van der Waals surface area contributed by atoms with Crippen molar-refractivity contribution in [1.82, 2.24) is 0 Å². The zero-order valence-corrected chi connectivity index (χ0v) is 18.7. The third-order valence-corrected chi connectivity index (χ3v) is 5.06. The molecule has 1 aliphatic rings. The number of carbonyl (C=O) groups is 2. The second-order valence-electron chi connectivity index (χ2n) is 6.55. The van der Waals surface area contributed by atoms with Gasteiger partial charge in [-0.3, -0.25) is 4.79 Å². The molecule has 0 saturated carbocycles. The highest BCUT2D eigenvalue weighted by molar-refractivity contribution is 6.55. The highest BCUT2D eigenvalue weighted by atomic mass is 35.5. The van der Waals surface area contributed by atoms with Gasteiger partial charge >= 0.3 is 5.97 Å². The van der Waals surface area contributed by atoms with Crippen molar-refractivity contribution in [2.45, 2.75) is 6.92 Å². The molecule has 0 fully saturated rings. The van der Waals surface area contributed by atoms with Crippen LogP contribution < -0.4 is 9.91 Å². The molecular formula is C21H18Cl3N3O3. The van der Waals surface area contributed by atoms with Crippen LogP contribution in [0.2, 0.25) is 15.1 Å². The van der Waals surface area contributed by atoms with E-state index in [1.807, 2.05) is 43.3 Å². The summed E-state index contributed by atoms with van der Waals surface area (Å²) in [6, 6.07) is 10.4. The molecule has 9 heteroatoms. The molecule has 30 heavy (non-hydrogen) atoms. The van der Waals surface area contributed by atoms with E-state index >= 15 is 0 Å². The molecule has 0 N–H and O–H groups in total. The summed E-state index contributed by atoms with van der Waals surface area (Å²) in [5.74, 6) is -1.27. The number of anilines is 2. The van der Waals surface area contributed by atoms with Crippen LogP contribution in [0.5, 0.6) is 0 Å². The van der Waals surface area contributed by atoms with E-state index in [1.54, 1.807) is 13.0 Å². The molecule has 0 aromatic heterocycles. The standard InChI is InChI=1S/C21H18Cl3N3O3/c1-4-30-21(29)18-15(9-12-5-7-14(8-6-12)26(2)3)20(28)27(25-18)19-16(23)10-13(22)11-17(19)24/h5-11H,4H2,1-3H3. The van der Waals surface area contributed by atoms with Crippen molar-refractivity contribution in [3.8, 4) is 0 Å². The molecule has 1 heterocycles. The quantitative estimate of drug-likeness (QED) is 0.456. The lowest BCUT2D eigenvalue weighted by molar-refractivity contribution is -0.135. The average molecular weight is 467 g/mol. The Bertz CT molecular complexity index is 1040. The number of amides is 1. The summed E-state index contributed by atoms with van der Waals surface area (Å²) in [5, 5.41) is 5.73. The minimum atomic E-state index is -0.717. The molecule has 0 bridgehead atoms. The number of hydrogen-bond donors (Lipinski definition) is 0. The average Bonchev–Trinajstić information content (AvgIpc) is 2.98. The Morgan fingerprint density at radius 2 is 1.73 bits per heavy atom. The predicted octanol–water partition coefficient (Wildman–Crippen LogP) is 5.06. The topological polar surface area (TPSA) is 62.2 Å². The highest BCUT2D eigenvalue weighted by Gasteiger charge is 2.37. The van der Waals surface area contributed by atoms with Crippen LogP contribution in [-0.2, 0) is 14.3 Å². The summed E-state index contributed by atoms with van der Waals surface area (Å²) in [5.41, 5.74) is 1.81. The van der Waals surface area contributed by atoms with Gasteiger partial charge in [0, 0.05) is 24.8 Å². The van der Waals surface area contributed by atoms with Gasteiger partial charge in [-0.15, -0.1) is 0 Å². The van der Waals surface area contributed by atoms with E-state index in [-0.39, 0.29) is 33.6 Å². The maximum atomic E-state index is 13.2. The minimum Gasteiger partial charge on any atom is -0.461 e. The number of esters is 1. The van der Waals surface area contributed by atoms with Crippen LogP contribution in [0.25, 0.3) is 6.08 Å². The molecule has 156 valence electrons. The zero-order valence-electron chi connectivity index (χ0n) is 16.4. The maximum Gasteiger partial charge on any atom is 0.359 e. The second kappa shape index (κ2) is 9.08. The Morgan fingerprint density at radius 3 is 2.27 bits per heavy atom. The first-order chi connectivity index (χ1) is 14.2. The van der Waals surface area contributed by atoms with Gasteiger partial charge in [0.15, 0.2) is 5.71 Å². The van der Waals surface area contributed by atoms with Gasteiger partial charge in [0.05, 0.1) is 22.2 Å². The van der Waals surface area contributed by atoms with Crippen molar-refractivity contribution >= 4 is 69.8 Å². The Kier molecular flexibility index (Phi) is 6.71.